The predicted molar refractivity (Wildman–Crippen MR) is 91.8 cm³/mol. The number of alkyl halides is 2. The molecule has 2 fully saturated rings. The van der Waals surface area contributed by atoms with Crippen LogP contribution in [-0.4, -0.2) is 54.2 Å². The number of urea groups is 1. The van der Waals surface area contributed by atoms with Crippen LogP contribution in [0.25, 0.3) is 0 Å². The molecule has 0 radical (unpaired) electrons. The number of likely N-dealkylation sites (tertiary alicyclic amines) is 2. The van der Waals surface area contributed by atoms with Gasteiger partial charge in [-0.25, -0.2) is 4.79 Å². The van der Waals surface area contributed by atoms with E-state index in [-0.39, 0.29) is 29.4 Å². The zero-order valence-corrected chi connectivity index (χ0v) is 14.7. The second-order valence-corrected chi connectivity index (χ2v) is 7.08. The molecule has 1 aromatic carbocycles. The first-order chi connectivity index (χ1) is 12.9. The molecule has 1 aromatic rings. The quantitative estimate of drug-likeness (QED) is 0.855. The fourth-order valence-corrected chi connectivity index (χ4v) is 3.74. The first-order valence-corrected chi connectivity index (χ1v) is 9.16. The normalized spacial score (nSPS) is 23.4. The van der Waals surface area contributed by atoms with Crippen LogP contribution in [0.4, 0.5) is 19.3 Å². The smallest absolute Gasteiger partial charge is 0.395 e. The van der Waals surface area contributed by atoms with Crippen LogP contribution in [-0.2, 0) is 4.79 Å². The van der Waals surface area contributed by atoms with Crippen molar-refractivity contribution < 1.29 is 27.8 Å². The third-order valence-electron chi connectivity index (χ3n) is 5.11. The van der Waals surface area contributed by atoms with Crippen LogP contribution in [0.1, 0.15) is 25.7 Å². The zero-order valence-electron chi connectivity index (χ0n) is 14.7. The van der Waals surface area contributed by atoms with Gasteiger partial charge in [0.15, 0.2) is 11.5 Å². The van der Waals surface area contributed by atoms with Gasteiger partial charge < -0.3 is 24.6 Å². The van der Waals surface area contributed by atoms with Gasteiger partial charge in [-0.3, -0.25) is 4.79 Å². The van der Waals surface area contributed by atoms with Crippen molar-refractivity contribution in [1.82, 2.24) is 9.80 Å². The van der Waals surface area contributed by atoms with Gasteiger partial charge in [0, 0.05) is 37.9 Å². The Kier molecular flexibility index (Phi) is 4.53. The van der Waals surface area contributed by atoms with Gasteiger partial charge >= 0.3 is 12.3 Å². The number of nitrogens with one attached hydrogen (secondary N) is 1. The van der Waals surface area contributed by atoms with Crippen molar-refractivity contribution in [1.29, 1.82) is 0 Å². The molecule has 4 rings (SSSR count). The standard InChI is InChI=1S/C18H21F2N3O4/c19-18(20)26-14-6-5-13(10-15(14)27-18)21-16(24)12-4-3-9-23(11-12)17(25)22-7-1-2-8-22/h5-6,10,12H,1-4,7-9,11H2,(H,21,24)/t12-/m0/s1. The van der Waals surface area contributed by atoms with Crippen molar-refractivity contribution in [3.05, 3.63) is 18.2 Å². The van der Waals surface area contributed by atoms with Crippen LogP contribution >= 0.6 is 0 Å². The molecule has 0 aliphatic carbocycles. The van der Waals surface area contributed by atoms with Gasteiger partial charge in [-0.15, -0.1) is 8.78 Å². The summed E-state index contributed by atoms with van der Waals surface area (Å²) in [6.45, 7) is 2.56. The van der Waals surface area contributed by atoms with E-state index in [1.165, 1.54) is 18.2 Å². The second-order valence-electron chi connectivity index (χ2n) is 7.08. The van der Waals surface area contributed by atoms with Gasteiger partial charge in [0.2, 0.25) is 5.91 Å². The molecular formula is C18H21F2N3O4. The van der Waals surface area contributed by atoms with Crippen LogP contribution in [0.15, 0.2) is 18.2 Å². The van der Waals surface area contributed by atoms with Crippen molar-refractivity contribution in [2.45, 2.75) is 32.0 Å². The van der Waals surface area contributed by atoms with E-state index in [9.17, 15) is 18.4 Å². The van der Waals surface area contributed by atoms with Gasteiger partial charge in [-0.05, 0) is 37.8 Å². The average molecular weight is 381 g/mol. The average Bonchev–Trinajstić information content (AvgIpc) is 3.27. The van der Waals surface area contributed by atoms with E-state index in [1.807, 2.05) is 4.90 Å². The molecule has 2 saturated heterocycles. The lowest BCUT2D eigenvalue weighted by molar-refractivity contribution is -0.286. The van der Waals surface area contributed by atoms with E-state index < -0.39 is 6.29 Å². The maximum Gasteiger partial charge on any atom is 0.586 e. The van der Waals surface area contributed by atoms with Crippen LogP contribution in [0.3, 0.4) is 0 Å². The maximum atomic E-state index is 13.1. The Balaban J connectivity index is 1.38. The number of fused-ring (bicyclic) bond motifs is 1. The molecule has 0 saturated carbocycles. The van der Waals surface area contributed by atoms with E-state index in [4.69, 9.17) is 0 Å². The molecule has 0 spiro atoms. The highest BCUT2D eigenvalue weighted by Crippen LogP contribution is 2.42. The molecule has 27 heavy (non-hydrogen) atoms. The summed E-state index contributed by atoms with van der Waals surface area (Å²) in [7, 11) is 0. The summed E-state index contributed by atoms with van der Waals surface area (Å²) >= 11 is 0. The van der Waals surface area contributed by atoms with Crippen molar-refractivity contribution >= 4 is 17.6 Å². The molecule has 3 aliphatic rings. The third-order valence-corrected chi connectivity index (χ3v) is 5.11. The molecule has 0 bridgehead atoms. The number of hydrogen-bond acceptors (Lipinski definition) is 4. The number of rotatable bonds is 2. The van der Waals surface area contributed by atoms with Gasteiger partial charge in [0.25, 0.3) is 0 Å². The molecule has 7 nitrogen and oxygen atoms in total. The summed E-state index contributed by atoms with van der Waals surface area (Å²) in [5.74, 6) is -0.762. The Hall–Kier alpha value is -2.58. The molecule has 0 aromatic heterocycles. The Bertz CT molecular complexity index is 752. The fourth-order valence-electron chi connectivity index (χ4n) is 3.74. The van der Waals surface area contributed by atoms with Crippen molar-refractivity contribution in [3.8, 4) is 11.5 Å². The molecule has 3 heterocycles. The number of anilines is 1. The predicted octanol–water partition coefficient (Wildman–Crippen LogP) is 2.87. The van der Waals surface area contributed by atoms with Gasteiger partial charge in [-0.2, -0.15) is 0 Å². The Morgan fingerprint density at radius 3 is 2.52 bits per heavy atom. The van der Waals surface area contributed by atoms with E-state index in [0.29, 0.717) is 25.2 Å². The lowest BCUT2D eigenvalue weighted by Gasteiger charge is -2.34. The third kappa shape index (κ3) is 3.77. The number of piperidine rings is 1. The largest absolute Gasteiger partial charge is 0.586 e. The Labute approximate surface area is 155 Å². The molecule has 3 amide bonds. The number of hydrogen-bond donors (Lipinski definition) is 1. The molecule has 9 heteroatoms. The number of carbonyl (C=O) groups excluding carboxylic acids is 2. The highest BCUT2D eigenvalue weighted by molar-refractivity contribution is 5.93. The van der Waals surface area contributed by atoms with Crippen molar-refractivity contribution in [2.24, 2.45) is 5.92 Å². The van der Waals surface area contributed by atoms with Crippen LogP contribution in [0.5, 0.6) is 11.5 Å². The zero-order chi connectivity index (χ0) is 19.0. The van der Waals surface area contributed by atoms with E-state index in [0.717, 1.165) is 32.4 Å². The van der Waals surface area contributed by atoms with Gasteiger partial charge in [0.1, 0.15) is 0 Å². The second kappa shape index (κ2) is 6.86. The fraction of sp³-hybridized carbons (Fsp3) is 0.556. The van der Waals surface area contributed by atoms with Crippen LogP contribution in [0.2, 0.25) is 0 Å². The summed E-state index contributed by atoms with van der Waals surface area (Å²) in [5.41, 5.74) is 0.350. The minimum absolute atomic E-state index is 0.00434. The van der Waals surface area contributed by atoms with Crippen molar-refractivity contribution in [3.63, 3.8) is 0 Å². The van der Waals surface area contributed by atoms with Crippen molar-refractivity contribution in [2.75, 3.05) is 31.5 Å². The number of benzene rings is 1. The molecule has 1 N–H and O–H groups in total. The number of amides is 3. The van der Waals surface area contributed by atoms with E-state index in [1.54, 1.807) is 4.90 Å². The summed E-state index contributed by atoms with van der Waals surface area (Å²) in [4.78, 5) is 28.7. The molecule has 3 aliphatic heterocycles. The monoisotopic (exact) mass is 381 g/mol. The summed E-state index contributed by atoms with van der Waals surface area (Å²) < 4.78 is 34.9. The lowest BCUT2D eigenvalue weighted by Crippen LogP contribution is -2.48. The number of ether oxygens (including phenoxy) is 2. The topological polar surface area (TPSA) is 71.1 Å². The van der Waals surface area contributed by atoms with Crippen LogP contribution in [0, 0.1) is 5.92 Å². The summed E-state index contributed by atoms with van der Waals surface area (Å²) in [6.07, 6.45) is -0.215. The molecule has 0 unspecified atom stereocenters. The van der Waals surface area contributed by atoms with Gasteiger partial charge in [0.05, 0.1) is 5.92 Å². The lowest BCUT2D eigenvalue weighted by atomic mass is 9.97. The first kappa shape index (κ1) is 17.8. The Morgan fingerprint density at radius 2 is 1.74 bits per heavy atom. The minimum Gasteiger partial charge on any atom is -0.395 e. The SMILES string of the molecule is O=C(Nc1ccc2c(c1)OC(F)(F)O2)[C@H]1CCCN(C(=O)N2CCCC2)C1. The number of halogens is 2. The molecule has 146 valence electrons. The first-order valence-electron chi connectivity index (χ1n) is 9.16. The summed E-state index contributed by atoms with van der Waals surface area (Å²) in [6, 6.07) is 4.12. The summed E-state index contributed by atoms with van der Waals surface area (Å²) in [5, 5.41) is 2.73. The molecule has 1 atom stereocenters. The minimum atomic E-state index is -3.69. The van der Waals surface area contributed by atoms with Crippen LogP contribution < -0.4 is 14.8 Å². The molecular weight excluding hydrogens is 360 g/mol. The number of nitrogens with zero attached hydrogens (tertiary/aromatic N) is 2. The highest BCUT2D eigenvalue weighted by Gasteiger charge is 2.43. The maximum absolute atomic E-state index is 13.1. The Morgan fingerprint density at radius 1 is 1.04 bits per heavy atom. The van der Waals surface area contributed by atoms with Gasteiger partial charge in [-0.1, -0.05) is 0 Å². The van der Waals surface area contributed by atoms with E-state index >= 15 is 0 Å². The highest BCUT2D eigenvalue weighted by atomic mass is 19.3. The number of carbonyl (C=O) groups is 2. The van der Waals surface area contributed by atoms with E-state index in [2.05, 4.69) is 14.8 Å².